The van der Waals surface area contributed by atoms with E-state index in [4.69, 9.17) is 0 Å². The van der Waals surface area contributed by atoms with Gasteiger partial charge in [-0.1, -0.05) is 6.07 Å². The van der Waals surface area contributed by atoms with E-state index in [0.717, 1.165) is 18.4 Å². The molecule has 164 valence electrons. The second-order valence-electron chi connectivity index (χ2n) is 6.93. The quantitative estimate of drug-likeness (QED) is 0.492. The van der Waals surface area contributed by atoms with E-state index < -0.39 is 38.4 Å². The van der Waals surface area contributed by atoms with Gasteiger partial charge in [-0.15, -0.1) is 0 Å². The largest absolute Gasteiger partial charge is 0.505 e. The van der Waals surface area contributed by atoms with Crippen molar-refractivity contribution in [2.75, 3.05) is 26.4 Å². The topological polar surface area (TPSA) is 132 Å². The lowest BCUT2D eigenvalue weighted by atomic mass is 10.1. The summed E-state index contributed by atoms with van der Waals surface area (Å²) in [5.41, 5.74) is -0.813. The molecule has 31 heavy (non-hydrogen) atoms. The highest BCUT2D eigenvalue weighted by molar-refractivity contribution is 7.90. The molecule has 3 rings (SSSR count). The number of carbonyl (C=O) groups is 1. The molecule has 0 aliphatic rings. The molecule has 0 aliphatic heterocycles. The second-order valence-corrected chi connectivity index (χ2v) is 8.92. The van der Waals surface area contributed by atoms with Crippen molar-refractivity contribution in [2.24, 2.45) is 0 Å². The minimum Gasteiger partial charge on any atom is -0.505 e. The number of rotatable bonds is 7. The Balaban J connectivity index is 2.08. The van der Waals surface area contributed by atoms with Crippen LogP contribution in [-0.4, -0.2) is 60.7 Å². The van der Waals surface area contributed by atoms with Crippen LogP contribution in [0.25, 0.3) is 11.0 Å². The van der Waals surface area contributed by atoms with Crippen LogP contribution in [0.2, 0.25) is 0 Å². The summed E-state index contributed by atoms with van der Waals surface area (Å²) in [7, 11) is -2.12. The van der Waals surface area contributed by atoms with Crippen LogP contribution in [0.4, 0.5) is 4.39 Å². The fourth-order valence-electron chi connectivity index (χ4n) is 3.17. The molecule has 2 heterocycles. The molecule has 3 N–H and O–H groups in total. The zero-order chi connectivity index (χ0) is 22.8. The van der Waals surface area contributed by atoms with E-state index in [1.165, 1.54) is 23.2 Å². The fraction of sp³-hybridized carbons (Fsp3) is 0.250. The molecular weight excluding hydrogens is 427 g/mol. The van der Waals surface area contributed by atoms with Crippen molar-refractivity contribution < 1.29 is 22.7 Å². The number of likely N-dealkylation sites (N-methyl/N-ethyl adjacent to an activating group) is 1. The first kappa shape index (κ1) is 22.4. The summed E-state index contributed by atoms with van der Waals surface area (Å²) in [6.45, 7) is 0.197. The van der Waals surface area contributed by atoms with Crippen LogP contribution >= 0.6 is 0 Å². The number of hydrogen-bond acceptors (Lipinski definition) is 7. The number of aromatic amines is 1. The molecule has 11 heteroatoms. The van der Waals surface area contributed by atoms with Gasteiger partial charge in [-0.2, -0.15) is 0 Å². The Morgan fingerprint density at radius 2 is 2.06 bits per heavy atom. The lowest BCUT2D eigenvalue weighted by Crippen LogP contribution is -2.38. The highest BCUT2D eigenvalue weighted by Gasteiger charge is 2.26. The normalized spacial score (nSPS) is 11.6. The van der Waals surface area contributed by atoms with E-state index in [-0.39, 0.29) is 34.6 Å². The highest BCUT2D eigenvalue weighted by atomic mass is 32.2. The Morgan fingerprint density at radius 3 is 2.74 bits per heavy atom. The van der Waals surface area contributed by atoms with Gasteiger partial charge in [-0.05, 0) is 36.9 Å². The van der Waals surface area contributed by atoms with Gasteiger partial charge in [-0.25, -0.2) is 12.8 Å². The molecule has 0 unspecified atom stereocenters. The van der Waals surface area contributed by atoms with Crippen LogP contribution < -0.4 is 10.9 Å². The van der Waals surface area contributed by atoms with Crippen LogP contribution in [0.5, 0.6) is 5.75 Å². The number of sulfone groups is 1. The van der Waals surface area contributed by atoms with Crippen LogP contribution in [0.3, 0.4) is 0 Å². The number of carbonyl (C=O) groups excluding carboxylic acids is 1. The highest BCUT2D eigenvalue weighted by Crippen LogP contribution is 2.25. The molecule has 1 amide bonds. The Hall–Kier alpha value is -3.31. The van der Waals surface area contributed by atoms with E-state index in [0.29, 0.717) is 6.54 Å². The smallest absolute Gasteiger partial charge is 0.265 e. The average Bonchev–Trinajstić information content (AvgIpc) is 2.71. The Morgan fingerprint density at radius 1 is 1.32 bits per heavy atom. The van der Waals surface area contributed by atoms with Gasteiger partial charge in [0.1, 0.15) is 16.9 Å². The van der Waals surface area contributed by atoms with E-state index in [9.17, 15) is 27.5 Å². The molecule has 0 fully saturated rings. The minimum absolute atomic E-state index is 0.0534. The minimum atomic E-state index is -3.78. The molecule has 0 aliphatic carbocycles. The number of H-pyrrole nitrogens is 1. The van der Waals surface area contributed by atoms with Gasteiger partial charge < -0.3 is 20.3 Å². The number of nitrogens with one attached hydrogen (secondary N) is 2. The number of benzene rings is 1. The number of hydrogen-bond donors (Lipinski definition) is 3. The standard InChI is InChI=1S/C20H21FN4O5S/c1-22-8-9-25(11-12-5-6-13(21)10-15(12)31(2,29)30)20(28)16-18(26)17-14(24-19(16)27)4-3-7-23-17/h3-7,10,22H,8-9,11H2,1-2H3,(H2,24,26,27). The first-order valence-electron chi connectivity index (χ1n) is 9.25. The summed E-state index contributed by atoms with van der Waals surface area (Å²) in [5.74, 6) is -2.11. The molecule has 0 radical (unpaired) electrons. The van der Waals surface area contributed by atoms with Gasteiger partial charge in [0.15, 0.2) is 15.6 Å². The second kappa shape index (κ2) is 8.82. The summed E-state index contributed by atoms with van der Waals surface area (Å²) in [6, 6.07) is 6.36. The van der Waals surface area contributed by atoms with Crippen molar-refractivity contribution >= 4 is 26.8 Å². The van der Waals surface area contributed by atoms with E-state index in [1.807, 2.05) is 0 Å². The molecule has 1 aromatic carbocycles. The molecule has 0 spiro atoms. The van der Waals surface area contributed by atoms with Crippen molar-refractivity contribution in [3.63, 3.8) is 0 Å². The average molecular weight is 448 g/mol. The Labute approximate surface area is 177 Å². The number of pyridine rings is 2. The number of nitrogens with zero attached hydrogens (tertiary/aromatic N) is 2. The van der Waals surface area contributed by atoms with E-state index >= 15 is 0 Å². The summed E-state index contributed by atoms with van der Waals surface area (Å²) >= 11 is 0. The zero-order valence-electron chi connectivity index (χ0n) is 16.8. The van der Waals surface area contributed by atoms with Crippen LogP contribution in [0.15, 0.2) is 46.2 Å². The molecular formula is C20H21FN4O5S. The summed E-state index contributed by atoms with van der Waals surface area (Å²) in [4.78, 5) is 33.2. The molecule has 2 aromatic heterocycles. The molecule has 0 saturated carbocycles. The molecule has 0 atom stereocenters. The molecule has 0 bridgehead atoms. The maximum Gasteiger partial charge on any atom is 0.265 e. The van der Waals surface area contributed by atoms with Gasteiger partial charge >= 0.3 is 0 Å². The number of fused-ring (bicyclic) bond motifs is 1. The third kappa shape index (κ3) is 4.72. The van der Waals surface area contributed by atoms with Gasteiger partial charge in [0.2, 0.25) is 0 Å². The number of aromatic nitrogens is 2. The lowest BCUT2D eigenvalue weighted by molar-refractivity contribution is 0.0739. The zero-order valence-corrected chi connectivity index (χ0v) is 17.7. The third-order valence-electron chi connectivity index (χ3n) is 4.67. The Bertz CT molecular complexity index is 1310. The number of halogens is 1. The van der Waals surface area contributed by atoms with Gasteiger partial charge in [0, 0.05) is 32.1 Å². The molecule has 3 aromatic rings. The summed E-state index contributed by atoms with van der Waals surface area (Å²) < 4.78 is 37.9. The van der Waals surface area contributed by atoms with Crippen LogP contribution in [-0.2, 0) is 16.4 Å². The third-order valence-corrected chi connectivity index (χ3v) is 5.85. The maximum absolute atomic E-state index is 13.7. The molecule has 9 nitrogen and oxygen atoms in total. The molecule has 0 saturated heterocycles. The Kier molecular flexibility index (Phi) is 6.37. The van der Waals surface area contributed by atoms with Crippen molar-refractivity contribution in [3.8, 4) is 5.75 Å². The van der Waals surface area contributed by atoms with E-state index in [2.05, 4.69) is 15.3 Å². The maximum atomic E-state index is 13.7. The van der Waals surface area contributed by atoms with Crippen molar-refractivity contribution in [2.45, 2.75) is 11.4 Å². The van der Waals surface area contributed by atoms with Crippen LogP contribution in [0, 0.1) is 5.82 Å². The van der Waals surface area contributed by atoms with Crippen molar-refractivity contribution in [1.82, 2.24) is 20.2 Å². The van der Waals surface area contributed by atoms with Crippen molar-refractivity contribution in [1.29, 1.82) is 0 Å². The summed E-state index contributed by atoms with van der Waals surface area (Å²) in [6.07, 6.45) is 2.35. The van der Waals surface area contributed by atoms with Gasteiger partial charge in [0.25, 0.3) is 11.5 Å². The SMILES string of the molecule is CNCCN(Cc1ccc(F)cc1S(C)(=O)=O)C(=O)c1c(O)c2ncccc2[nH]c1=O. The van der Waals surface area contributed by atoms with Crippen LogP contribution in [0.1, 0.15) is 15.9 Å². The van der Waals surface area contributed by atoms with Crippen molar-refractivity contribution in [3.05, 3.63) is 63.8 Å². The number of amides is 1. The van der Waals surface area contributed by atoms with Gasteiger partial charge in [-0.3, -0.25) is 14.6 Å². The number of aromatic hydroxyl groups is 1. The summed E-state index contributed by atoms with van der Waals surface area (Å²) in [5, 5.41) is 13.4. The van der Waals surface area contributed by atoms with E-state index in [1.54, 1.807) is 13.1 Å². The predicted octanol–water partition coefficient (Wildman–Crippen LogP) is 1.03. The lowest BCUT2D eigenvalue weighted by Gasteiger charge is -2.24. The first-order chi connectivity index (χ1) is 14.6. The fourth-order valence-corrected chi connectivity index (χ4v) is 4.11. The first-order valence-corrected chi connectivity index (χ1v) is 11.1. The monoisotopic (exact) mass is 448 g/mol. The predicted molar refractivity (Wildman–Crippen MR) is 112 cm³/mol. The van der Waals surface area contributed by atoms with Gasteiger partial charge in [0.05, 0.1) is 10.4 Å².